The zero-order valence-corrected chi connectivity index (χ0v) is 18.4. The van der Waals surface area contributed by atoms with Crippen LogP contribution in [-0.4, -0.2) is 75.2 Å². The quantitative estimate of drug-likeness (QED) is 0.685. The summed E-state index contributed by atoms with van der Waals surface area (Å²) in [5.41, 5.74) is 1.89. The molecular weight excluding hydrogens is 400 g/mol. The first-order chi connectivity index (χ1) is 14.4. The van der Waals surface area contributed by atoms with Crippen LogP contribution in [0.1, 0.15) is 11.1 Å². The van der Waals surface area contributed by atoms with E-state index in [-0.39, 0.29) is 17.3 Å². The summed E-state index contributed by atoms with van der Waals surface area (Å²) in [6.45, 7) is 4.96. The molecule has 1 aliphatic rings. The van der Waals surface area contributed by atoms with E-state index in [1.54, 1.807) is 24.3 Å². The fourth-order valence-electron chi connectivity index (χ4n) is 3.50. The maximum atomic E-state index is 12.5. The summed E-state index contributed by atoms with van der Waals surface area (Å²) in [6, 6.07) is 17.2. The molecule has 2 aromatic rings. The van der Waals surface area contributed by atoms with Crippen molar-refractivity contribution in [2.45, 2.75) is 18.0 Å². The van der Waals surface area contributed by atoms with Crippen LogP contribution in [0.5, 0.6) is 0 Å². The van der Waals surface area contributed by atoms with Gasteiger partial charge in [0.2, 0.25) is 15.9 Å². The first-order valence-corrected chi connectivity index (χ1v) is 11.6. The molecule has 1 fully saturated rings. The average Bonchev–Trinajstić information content (AvgIpc) is 2.74. The second-order valence-corrected chi connectivity index (χ2v) is 9.83. The molecule has 0 aliphatic carbocycles. The number of benzene rings is 2. The minimum atomic E-state index is -3.55. The molecule has 1 aliphatic heterocycles. The summed E-state index contributed by atoms with van der Waals surface area (Å²) in [7, 11) is -0.544. The summed E-state index contributed by atoms with van der Waals surface area (Å²) in [6.07, 6.45) is 0. The molecule has 1 amide bonds. The monoisotopic (exact) mass is 430 g/mol. The maximum Gasteiger partial charge on any atom is 0.242 e. The van der Waals surface area contributed by atoms with E-state index in [4.69, 9.17) is 0 Å². The van der Waals surface area contributed by atoms with Gasteiger partial charge in [0.05, 0.1) is 11.4 Å². The molecule has 1 heterocycles. The van der Waals surface area contributed by atoms with Crippen LogP contribution in [-0.2, 0) is 27.9 Å². The van der Waals surface area contributed by atoms with Gasteiger partial charge in [-0.25, -0.2) is 12.7 Å². The summed E-state index contributed by atoms with van der Waals surface area (Å²) in [5.74, 6) is -0.0939. The highest BCUT2D eigenvalue weighted by atomic mass is 32.2. The Bertz CT molecular complexity index is 940. The molecule has 162 valence electrons. The fourth-order valence-corrected chi connectivity index (χ4v) is 4.61. The highest BCUT2D eigenvalue weighted by Crippen LogP contribution is 2.18. The minimum absolute atomic E-state index is 0.0939. The number of hydrogen-bond acceptors (Lipinski definition) is 5. The molecule has 7 nitrogen and oxygen atoms in total. The van der Waals surface area contributed by atoms with Gasteiger partial charge in [-0.3, -0.25) is 14.6 Å². The van der Waals surface area contributed by atoms with E-state index < -0.39 is 10.0 Å². The third-order valence-electron chi connectivity index (χ3n) is 5.29. The molecule has 0 unspecified atom stereocenters. The summed E-state index contributed by atoms with van der Waals surface area (Å²) >= 11 is 0. The zero-order valence-electron chi connectivity index (χ0n) is 17.6. The van der Waals surface area contributed by atoms with Crippen molar-refractivity contribution in [1.82, 2.24) is 19.4 Å². The van der Waals surface area contributed by atoms with Crippen molar-refractivity contribution in [3.63, 3.8) is 0 Å². The van der Waals surface area contributed by atoms with Gasteiger partial charge in [0, 0.05) is 53.4 Å². The molecule has 30 heavy (non-hydrogen) atoms. The van der Waals surface area contributed by atoms with Gasteiger partial charge in [0.25, 0.3) is 0 Å². The Morgan fingerprint density at radius 1 is 0.933 bits per heavy atom. The van der Waals surface area contributed by atoms with Crippen LogP contribution in [0.2, 0.25) is 0 Å². The lowest BCUT2D eigenvalue weighted by atomic mass is 10.2. The number of piperazine rings is 1. The Morgan fingerprint density at radius 2 is 1.53 bits per heavy atom. The lowest BCUT2D eigenvalue weighted by molar-refractivity contribution is -0.122. The highest BCUT2D eigenvalue weighted by molar-refractivity contribution is 7.89. The summed E-state index contributed by atoms with van der Waals surface area (Å²) < 4.78 is 26.1. The van der Waals surface area contributed by atoms with Crippen molar-refractivity contribution in [3.05, 3.63) is 65.7 Å². The molecule has 3 rings (SSSR count). The van der Waals surface area contributed by atoms with Crippen molar-refractivity contribution in [2.75, 3.05) is 46.8 Å². The molecule has 8 heteroatoms. The van der Waals surface area contributed by atoms with E-state index in [0.717, 1.165) is 32.7 Å². The number of sulfonamides is 1. The number of hydrogen-bond donors (Lipinski definition) is 1. The maximum absolute atomic E-state index is 12.5. The van der Waals surface area contributed by atoms with Crippen molar-refractivity contribution in [3.8, 4) is 0 Å². The van der Waals surface area contributed by atoms with Crippen LogP contribution >= 0.6 is 0 Å². The predicted molar refractivity (Wildman–Crippen MR) is 117 cm³/mol. The second kappa shape index (κ2) is 10.2. The number of amides is 1. The first-order valence-electron chi connectivity index (χ1n) is 10.1. The third kappa shape index (κ3) is 5.89. The van der Waals surface area contributed by atoms with Gasteiger partial charge < -0.3 is 5.32 Å². The Kier molecular flexibility index (Phi) is 7.60. The van der Waals surface area contributed by atoms with E-state index >= 15 is 0 Å². The van der Waals surface area contributed by atoms with E-state index in [1.165, 1.54) is 24.0 Å². The van der Waals surface area contributed by atoms with Gasteiger partial charge in [0.1, 0.15) is 0 Å². The molecule has 0 bridgehead atoms. The van der Waals surface area contributed by atoms with Crippen LogP contribution in [0, 0.1) is 0 Å². The number of rotatable bonds is 8. The molecular formula is C22H30N4O3S. The van der Waals surface area contributed by atoms with Crippen molar-refractivity contribution in [2.24, 2.45) is 0 Å². The van der Waals surface area contributed by atoms with E-state index in [1.807, 2.05) is 6.07 Å². The Hall–Kier alpha value is -2.26. The first kappa shape index (κ1) is 22.4. The van der Waals surface area contributed by atoms with Crippen molar-refractivity contribution < 1.29 is 13.2 Å². The largest absolute Gasteiger partial charge is 0.351 e. The van der Waals surface area contributed by atoms with Gasteiger partial charge in [-0.05, 0) is 17.2 Å². The standard InChI is InChI=1S/C22H30N4O3S/c1-24(2)30(28,29)21-11-7-6-10-20(21)16-23-22(27)18-26-14-12-25(13-15-26)17-19-8-4-3-5-9-19/h3-11H,12-18H2,1-2H3,(H,23,27). The van der Waals surface area contributed by atoms with Gasteiger partial charge in [0.15, 0.2) is 0 Å². The predicted octanol–water partition coefficient (Wildman–Crippen LogP) is 1.37. The van der Waals surface area contributed by atoms with Crippen LogP contribution in [0.3, 0.4) is 0 Å². The topological polar surface area (TPSA) is 73.0 Å². The van der Waals surface area contributed by atoms with Gasteiger partial charge >= 0.3 is 0 Å². The fraction of sp³-hybridized carbons (Fsp3) is 0.409. The van der Waals surface area contributed by atoms with Crippen molar-refractivity contribution >= 4 is 15.9 Å². The minimum Gasteiger partial charge on any atom is -0.351 e. The van der Waals surface area contributed by atoms with Crippen LogP contribution in [0.25, 0.3) is 0 Å². The number of carbonyl (C=O) groups excluding carboxylic acids is 1. The van der Waals surface area contributed by atoms with Crippen LogP contribution < -0.4 is 5.32 Å². The average molecular weight is 431 g/mol. The number of carbonyl (C=O) groups is 1. The van der Waals surface area contributed by atoms with Crippen LogP contribution in [0.15, 0.2) is 59.5 Å². The Morgan fingerprint density at radius 3 is 2.20 bits per heavy atom. The molecule has 0 aromatic heterocycles. The normalized spacial score (nSPS) is 16.0. The SMILES string of the molecule is CN(C)S(=O)(=O)c1ccccc1CNC(=O)CN1CCN(Cc2ccccc2)CC1. The molecule has 0 spiro atoms. The smallest absolute Gasteiger partial charge is 0.242 e. The van der Waals surface area contributed by atoms with Gasteiger partial charge in [-0.2, -0.15) is 0 Å². The Labute approximate surface area is 179 Å². The van der Waals surface area contributed by atoms with E-state index in [2.05, 4.69) is 39.4 Å². The molecule has 0 radical (unpaired) electrons. The van der Waals surface area contributed by atoms with Gasteiger partial charge in [-0.15, -0.1) is 0 Å². The molecule has 2 aromatic carbocycles. The number of nitrogens with zero attached hydrogens (tertiary/aromatic N) is 3. The highest BCUT2D eigenvalue weighted by Gasteiger charge is 2.22. The van der Waals surface area contributed by atoms with Crippen molar-refractivity contribution in [1.29, 1.82) is 0 Å². The van der Waals surface area contributed by atoms with E-state index in [0.29, 0.717) is 12.1 Å². The summed E-state index contributed by atoms with van der Waals surface area (Å²) in [5, 5.41) is 2.87. The molecule has 1 saturated heterocycles. The zero-order chi connectivity index (χ0) is 21.6. The third-order valence-corrected chi connectivity index (χ3v) is 7.20. The van der Waals surface area contributed by atoms with Crippen LogP contribution in [0.4, 0.5) is 0 Å². The second-order valence-electron chi connectivity index (χ2n) is 7.71. The lowest BCUT2D eigenvalue weighted by Gasteiger charge is -2.34. The molecule has 0 saturated carbocycles. The molecule has 1 N–H and O–H groups in total. The lowest BCUT2D eigenvalue weighted by Crippen LogP contribution is -2.49. The number of nitrogens with one attached hydrogen (secondary N) is 1. The van der Waals surface area contributed by atoms with Gasteiger partial charge in [-0.1, -0.05) is 48.5 Å². The summed E-state index contributed by atoms with van der Waals surface area (Å²) in [4.78, 5) is 17.2. The molecule has 0 atom stereocenters. The Balaban J connectivity index is 1.47. The van der Waals surface area contributed by atoms with E-state index in [9.17, 15) is 13.2 Å².